The topological polar surface area (TPSA) is 94.0 Å². The standard InChI is InChI=1S/C9H14N4O2/c10-8-7(12-15-13-8)9(14)11-5-4-6-2-1-3-6/h6H,1-5H2,(H2,10,13)(H,11,14). The van der Waals surface area contributed by atoms with E-state index in [4.69, 9.17) is 5.73 Å². The fourth-order valence-corrected chi connectivity index (χ4v) is 1.61. The van der Waals surface area contributed by atoms with Crippen molar-refractivity contribution in [2.75, 3.05) is 12.3 Å². The largest absolute Gasteiger partial charge is 0.379 e. The third kappa shape index (κ3) is 2.26. The first-order chi connectivity index (χ1) is 7.27. The van der Waals surface area contributed by atoms with Gasteiger partial charge in [0.2, 0.25) is 11.5 Å². The molecule has 0 atom stereocenters. The zero-order chi connectivity index (χ0) is 10.7. The smallest absolute Gasteiger partial charge is 0.277 e. The van der Waals surface area contributed by atoms with E-state index >= 15 is 0 Å². The Hall–Kier alpha value is -1.59. The predicted octanol–water partition coefficient (Wildman–Crippen LogP) is 0.572. The minimum Gasteiger partial charge on any atom is -0.379 e. The number of hydrogen-bond acceptors (Lipinski definition) is 5. The molecule has 0 bridgehead atoms. The highest BCUT2D eigenvalue weighted by atomic mass is 16.6. The Labute approximate surface area is 87.2 Å². The summed E-state index contributed by atoms with van der Waals surface area (Å²) in [6, 6.07) is 0. The van der Waals surface area contributed by atoms with Crippen molar-refractivity contribution in [3.05, 3.63) is 5.69 Å². The number of nitrogens with one attached hydrogen (secondary N) is 1. The molecule has 6 nitrogen and oxygen atoms in total. The molecule has 0 radical (unpaired) electrons. The van der Waals surface area contributed by atoms with E-state index in [1.165, 1.54) is 19.3 Å². The van der Waals surface area contributed by atoms with Crippen LogP contribution in [0.25, 0.3) is 0 Å². The van der Waals surface area contributed by atoms with Crippen LogP contribution in [0, 0.1) is 5.92 Å². The lowest BCUT2D eigenvalue weighted by Gasteiger charge is -2.24. The lowest BCUT2D eigenvalue weighted by Crippen LogP contribution is -2.28. The Kier molecular flexibility index (Phi) is 2.84. The van der Waals surface area contributed by atoms with Crippen molar-refractivity contribution >= 4 is 11.7 Å². The molecular formula is C9H14N4O2. The number of nitrogen functional groups attached to an aromatic ring is 1. The van der Waals surface area contributed by atoms with E-state index in [1.54, 1.807) is 0 Å². The summed E-state index contributed by atoms with van der Waals surface area (Å²) in [4.78, 5) is 11.5. The molecule has 0 aliphatic heterocycles. The van der Waals surface area contributed by atoms with Crippen LogP contribution in [-0.4, -0.2) is 22.8 Å². The van der Waals surface area contributed by atoms with Gasteiger partial charge in [-0.15, -0.1) is 0 Å². The SMILES string of the molecule is Nc1nonc1C(=O)NCCC1CCC1. The first-order valence-electron chi connectivity index (χ1n) is 5.13. The average Bonchev–Trinajstić information content (AvgIpc) is 2.55. The first kappa shape index (κ1) is 9.95. The van der Waals surface area contributed by atoms with Gasteiger partial charge < -0.3 is 11.1 Å². The number of amides is 1. The van der Waals surface area contributed by atoms with Crippen LogP contribution in [-0.2, 0) is 0 Å². The summed E-state index contributed by atoms with van der Waals surface area (Å²) in [5.74, 6) is 0.502. The van der Waals surface area contributed by atoms with Crippen LogP contribution in [0.3, 0.4) is 0 Å². The van der Waals surface area contributed by atoms with Gasteiger partial charge in [0.1, 0.15) is 0 Å². The van der Waals surface area contributed by atoms with Crippen LogP contribution >= 0.6 is 0 Å². The Morgan fingerprint density at radius 3 is 2.87 bits per heavy atom. The minimum atomic E-state index is -0.312. The fourth-order valence-electron chi connectivity index (χ4n) is 1.61. The molecule has 1 fully saturated rings. The minimum absolute atomic E-state index is 0.0381. The van der Waals surface area contributed by atoms with E-state index in [2.05, 4.69) is 20.3 Å². The third-order valence-electron chi connectivity index (χ3n) is 2.79. The molecule has 0 spiro atoms. The van der Waals surface area contributed by atoms with Gasteiger partial charge in [-0.3, -0.25) is 4.79 Å². The van der Waals surface area contributed by atoms with E-state index in [9.17, 15) is 4.79 Å². The quantitative estimate of drug-likeness (QED) is 0.757. The van der Waals surface area contributed by atoms with Gasteiger partial charge in [0.25, 0.3) is 5.91 Å². The number of aromatic nitrogens is 2. The number of rotatable bonds is 4. The summed E-state index contributed by atoms with van der Waals surface area (Å²) < 4.78 is 4.34. The second kappa shape index (κ2) is 4.29. The Balaban J connectivity index is 1.74. The van der Waals surface area contributed by atoms with Gasteiger partial charge in [0.05, 0.1) is 0 Å². The van der Waals surface area contributed by atoms with Gasteiger partial charge in [0, 0.05) is 6.54 Å². The van der Waals surface area contributed by atoms with Crippen molar-refractivity contribution < 1.29 is 9.42 Å². The zero-order valence-electron chi connectivity index (χ0n) is 8.40. The number of anilines is 1. The van der Waals surface area contributed by atoms with Crippen LogP contribution in [0.5, 0.6) is 0 Å². The van der Waals surface area contributed by atoms with Gasteiger partial charge in [-0.1, -0.05) is 19.3 Å². The van der Waals surface area contributed by atoms with Gasteiger partial charge in [-0.05, 0) is 22.7 Å². The maximum Gasteiger partial charge on any atom is 0.277 e. The molecule has 15 heavy (non-hydrogen) atoms. The van der Waals surface area contributed by atoms with E-state index in [0.717, 1.165) is 12.3 Å². The van der Waals surface area contributed by atoms with Crippen LogP contribution in [0.2, 0.25) is 0 Å². The second-order valence-corrected chi connectivity index (χ2v) is 3.84. The molecule has 3 N–H and O–H groups in total. The molecular weight excluding hydrogens is 196 g/mol. The number of carbonyl (C=O) groups is 1. The van der Waals surface area contributed by atoms with E-state index in [1.807, 2.05) is 0 Å². The first-order valence-corrected chi connectivity index (χ1v) is 5.13. The Morgan fingerprint density at radius 1 is 1.53 bits per heavy atom. The molecule has 1 amide bonds. The molecule has 1 aliphatic rings. The maximum absolute atomic E-state index is 11.5. The van der Waals surface area contributed by atoms with E-state index in [0.29, 0.717) is 6.54 Å². The van der Waals surface area contributed by atoms with Gasteiger partial charge in [-0.25, -0.2) is 4.63 Å². The van der Waals surface area contributed by atoms with Crippen LogP contribution in [0.1, 0.15) is 36.2 Å². The predicted molar refractivity (Wildman–Crippen MR) is 53.0 cm³/mol. The molecule has 0 unspecified atom stereocenters. The van der Waals surface area contributed by atoms with E-state index < -0.39 is 0 Å². The number of nitrogens with zero attached hydrogens (tertiary/aromatic N) is 2. The van der Waals surface area contributed by atoms with E-state index in [-0.39, 0.29) is 17.4 Å². The molecule has 2 rings (SSSR count). The van der Waals surface area contributed by atoms with Crippen LogP contribution < -0.4 is 11.1 Å². The summed E-state index contributed by atoms with van der Waals surface area (Å²) in [6.45, 7) is 0.662. The van der Waals surface area contributed by atoms with Crippen molar-refractivity contribution in [2.45, 2.75) is 25.7 Å². The molecule has 1 aliphatic carbocycles. The highest BCUT2D eigenvalue weighted by Crippen LogP contribution is 2.28. The molecule has 6 heteroatoms. The van der Waals surface area contributed by atoms with Gasteiger partial charge in [0.15, 0.2) is 0 Å². The third-order valence-corrected chi connectivity index (χ3v) is 2.79. The van der Waals surface area contributed by atoms with Gasteiger partial charge in [-0.2, -0.15) is 0 Å². The number of nitrogens with two attached hydrogens (primary N) is 1. The molecule has 0 saturated heterocycles. The normalized spacial score (nSPS) is 16.0. The Morgan fingerprint density at radius 2 is 2.33 bits per heavy atom. The van der Waals surface area contributed by atoms with Crippen LogP contribution in [0.4, 0.5) is 5.82 Å². The summed E-state index contributed by atoms with van der Waals surface area (Å²) in [5, 5.41) is 9.51. The van der Waals surface area contributed by atoms with Crippen molar-refractivity contribution in [3.8, 4) is 0 Å². The lowest BCUT2D eigenvalue weighted by molar-refractivity contribution is 0.0939. The summed E-state index contributed by atoms with van der Waals surface area (Å²) in [5.41, 5.74) is 5.45. The fraction of sp³-hybridized carbons (Fsp3) is 0.667. The van der Waals surface area contributed by atoms with Crippen LogP contribution in [0.15, 0.2) is 4.63 Å². The summed E-state index contributed by atoms with van der Waals surface area (Å²) in [6.07, 6.45) is 4.91. The van der Waals surface area contributed by atoms with Crippen molar-refractivity contribution in [3.63, 3.8) is 0 Å². The highest BCUT2D eigenvalue weighted by molar-refractivity contribution is 5.95. The maximum atomic E-state index is 11.5. The number of carbonyl (C=O) groups excluding carboxylic acids is 1. The monoisotopic (exact) mass is 210 g/mol. The molecule has 0 aromatic carbocycles. The summed E-state index contributed by atoms with van der Waals surface area (Å²) >= 11 is 0. The van der Waals surface area contributed by atoms with Crippen molar-refractivity contribution in [2.24, 2.45) is 5.92 Å². The lowest BCUT2D eigenvalue weighted by atomic mass is 9.83. The highest BCUT2D eigenvalue weighted by Gasteiger charge is 2.19. The average molecular weight is 210 g/mol. The van der Waals surface area contributed by atoms with Crippen molar-refractivity contribution in [1.82, 2.24) is 15.6 Å². The molecule has 1 saturated carbocycles. The molecule has 1 aromatic heterocycles. The van der Waals surface area contributed by atoms with Crippen molar-refractivity contribution in [1.29, 1.82) is 0 Å². The molecule has 1 aromatic rings. The second-order valence-electron chi connectivity index (χ2n) is 3.84. The zero-order valence-corrected chi connectivity index (χ0v) is 8.40. The summed E-state index contributed by atoms with van der Waals surface area (Å²) in [7, 11) is 0. The van der Waals surface area contributed by atoms with Gasteiger partial charge >= 0.3 is 0 Å². The number of hydrogen-bond donors (Lipinski definition) is 2. The molecule has 82 valence electrons. The molecule has 1 heterocycles. The Bertz CT molecular complexity index is 346.